The molecule has 4 rings (SSSR count). The van der Waals surface area contributed by atoms with Crippen LogP contribution in [0.15, 0.2) is 23.1 Å². The molecule has 5 nitrogen and oxygen atoms in total. The Balaban J connectivity index is 1.28. The number of aromatic amines is 1. The lowest BCUT2D eigenvalue weighted by Crippen LogP contribution is -2.50. The quantitative estimate of drug-likeness (QED) is 0.863. The van der Waals surface area contributed by atoms with Gasteiger partial charge in [-0.15, -0.1) is 0 Å². The van der Waals surface area contributed by atoms with Crippen LogP contribution in [-0.2, 0) is 16.0 Å². The van der Waals surface area contributed by atoms with E-state index in [1.807, 2.05) is 0 Å². The summed E-state index contributed by atoms with van der Waals surface area (Å²) < 4.78 is 6.03. The maximum Gasteiger partial charge on any atom is 0.247 e. The number of fused-ring (bicyclic) bond motifs is 2. The molecular formula is C17H22N2O3. The number of nitrogens with one attached hydrogen (secondary N) is 2. The van der Waals surface area contributed by atoms with Gasteiger partial charge in [0.2, 0.25) is 11.5 Å². The van der Waals surface area contributed by atoms with Crippen LogP contribution in [0.4, 0.5) is 0 Å². The van der Waals surface area contributed by atoms with Gasteiger partial charge in [0.05, 0.1) is 12.2 Å². The van der Waals surface area contributed by atoms with E-state index in [4.69, 9.17) is 4.74 Å². The Bertz CT molecular complexity index is 629. The molecule has 1 aromatic rings. The number of aromatic nitrogens is 1. The highest BCUT2D eigenvalue weighted by atomic mass is 16.5. The molecule has 118 valence electrons. The van der Waals surface area contributed by atoms with Gasteiger partial charge in [-0.3, -0.25) is 9.59 Å². The minimum absolute atomic E-state index is 0.0872. The standard InChI is InChI=1S/C17H22N2O3/c20-14-4-2-12(9-18-14)3-5-15(21)19-11-16-8-13(16)10-22-17(16)6-1-7-17/h2,4,9,13H,1,3,5-8,10-11H2,(H,18,20)(H,19,21)/t13-,16+/m0/s1. The van der Waals surface area contributed by atoms with Crippen LogP contribution in [0.2, 0.25) is 0 Å². The van der Waals surface area contributed by atoms with E-state index in [1.54, 1.807) is 12.3 Å². The number of pyridine rings is 1. The molecule has 3 fully saturated rings. The molecule has 0 bridgehead atoms. The highest BCUT2D eigenvalue weighted by Gasteiger charge is 2.73. The Morgan fingerprint density at radius 1 is 1.41 bits per heavy atom. The molecule has 1 spiro atoms. The Kier molecular flexibility index (Phi) is 3.15. The second kappa shape index (κ2) is 4.95. The lowest BCUT2D eigenvalue weighted by Gasteiger charge is -2.45. The van der Waals surface area contributed by atoms with E-state index in [9.17, 15) is 9.59 Å². The number of H-pyrrole nitrogens is 1. The summed E-state index contributed by atoms with van der Waals surface area (Å²) >= 11 is 0. The smallest absolute Gasteiger partial charge is 0.247 e. The molecule has 1 aliphatic heterocycles. The third kappa shape index (κ3) is 2.10. The van der Waals surface area contributed by atoms with Gasteiger partial charge in [-0.2, -0.15) is 0 Å². The van der Waals surface area contributed by atoms with Crippen molar-refractivity contribution in [1.29, 1.82) is 0 Å². The molecule has 1 aromatic heterocycles. The summed E-state index contributed by atoms with van der Waals surface area (Å²) in [6.45, 7) is 1.65. The molecule has 2 N–H and O–H groups in total. The summed E-state index contributed by atoms with van der Waals surface area (Å²) in [5.74, 6) is 0.750. The summed E-state index contributed by atoms with van der Waals surface area (Å²) in [5, 5.41) is 3.12. The van der Waals surface area contributed by atoms with Crippen LogP contribution in [-0.4, -0.2) is 29.6 Å². The normalized spacial score (nSPS) is 30.6. The van der Waals surface area contributed by atoms with Gasteiger partial charge in [-0.25, -0.2) is 0 Å². The van der Waals surface area contributed by atoms with Crippen LogP contribution in [0.25, 0.3) is 0 Å². The van der Waals surface area contributed by atoms with Gasteiger partial charge < -0.3 is 15.0 Å². The monoisotopic (exact) mass is 302 g/mol. The largest absolute Gasteiger partial charge is 0.374 e. The number of ether oxygens (including phenoxy) is 1. The molecule has 22 heavy (non-hydrogen) atoms. The third-order valence-corrected chi connectivity index (χ3v) is 5.95. The number of hydrogen-bond donors (Lipinski definition) is 2. The predicted molar refractivity (Wildman–Crippen MR) is 81.5 cm³/mol. The fourth-order valence-corrected chi connectivity index (χ4v) is 4.28. The SMILES string of the molecule is O=C(CCc1ccc(=O)[nH]c1)NC[C@]12C[C@H]1COC21CCC1. The van der Waals surface area contributed by atoms with Crippen molar-refractivity contribution in [2.24, 2.45) is 11.3 Å². The zero-order valence-electron chi connectivity index (χ0n) is 12.7. The average molecular weight is 302 g/mol. The highest BCUT2D eigenvalue weighted by molar-refractivity contribution is 5.76. The number of amides is 1. The average Bonchev–Trinajstić information content (AvgIpc) is 3.10. The molecule has 2 heterocycles. The number of carbonyl (C=O) groups is 1. The van der Waals surface area contributed by atoms with E-state index in [0.717, 1.165) is 31.6 Å². The van der Waals surface area contributed by atoms with E-state index >= 15 is 0 Å². The summed E-state index contributed by atoms with van der Waals surface area (Å²) in [5.41, 5.74) is 1.19. The van der Waals surface area contributed by atoms with Gasteiger partial charge in [0.25, 0.3) is 0 Å². The van der Waals surface area contributed by atoms with Crippen molar-refractivity contribution in [2.45, 2.75) is 44.1 Å². The van der Waals surface area contributed by atoms with Crippen molar-refractivity contribution >= 4 is 5.91 Å². The second-order valence-electron chi connectivity index (χ2n) is 7.05. The van der Waals surface area contributed by atoms with Crippen molar-refractivity contribution in [3.8, 4) is 0 Å². The maximum atomic E-state index is 12.1. The Labute approximate surface area is 129 Å². The van der Waals surface area contributed by atoms with Gasteiger partial charge >= 0.3 is 0 Å². The summed E-state index contributed by atoms with van der Waals surface area (Å²) in [6.07, 6.45) is 7.59. The Hall–Kier alpha value is -1.62. The lowest BCUT2D eigenvalue weighted by atomic mass is 9.68. The first kappa shape index (κ1) is 14.0. The minimum Gasteiger partial charge on any atom is -0.374 e. The molecule has 1 amide bonds. The van der Waals surface area contributed by atoms with Gasteiger partial charge in [0.1, 0.15) is 0 Å². The number of carbonyl (C=O) groups excluding carboxylic acids is 1. The first-order chi connectivity index (χ1) is 10.6. The molecule has 1 saturated heterocycles. The second-order valence-corrected chi connectivity index (χ2v) is 7.05. The third-order valence-electron chi connectivity index (χ3n) is 5.95. The zero-order valence-corrected chi connectivity index (χ0v) is 12.7. The Morgan fingerprint density at radius 3 is 2.91 bits per heavy atom. The van der Waals surface area contributed by atoms with Gasteiger partial charge in [-0.1, -0.05) is 6.07 Å². The van der Waals surface area contributed by atoms with Crippen molar-refractivity contribution < 1.29 is 9.53 Å². The molecule has 5 heteroatoms. The van der Waals surface area contributed by atoms with E-state index in [2.05, 4.69) is 10.3 Å². The van der Waals surface area contributed by atoms with E-state index in [1.165, 1.54) is 18.9 Å². The molecule has 2 saturated carbocycles. The van der Waals surface area contributed by atoms with Crippen LogP contribution in [0, 0.1) is 11.3 Å². The van der Waals surface area contributed by atoms with Crippen LogP contribution in [0.5, 0.6) is 0 Å². The predicted octanol–water partition coefficient (Wildman–Crippen LogP) is 1.38. The molecule has 0 aromatic carbocycles. The van der Waals surface area contributed by atoms with Crippen LogP contribution < -0.4 is 10.9 Å². The van der Waals surface area contributed by atoms with E-state index in [-0.39, 0.29) is 22.5 Å². The van der Waals surface area contributed by atoms with Gasteiger partial charge in [-0.05, 0) is 43.6 Å². The first-order valence-corrected chi connectivity index (χ1v) is 8.22. The van der Waals surface area contributed by atoms with E-state index < -0.39 is 0 Å². The molecule has 3 aliphatic rings. The zero-order chi connectivity index (χ0) is 15.2. The number of aryl methyl sites for hydroxylation is 1. The summed E-state index contributed by atoms with van der Waals surface area (Å²) in [7, 11) is 0. The van der Waals surface area contributed by atoms with Gasteiger partial charge in [0, 0.05) is 30.6 Å². The minimum atomic E-state index is -0.112. The first-order valence-electron chi connectivity index (χ1n) is 8.22. The van der Waals surface area contributed by atoms with Crippen molar-refractivity contribution in [1.82, 2.24) is 10.3 Å². The van der Waals surface area contributed by atoms with Crippen molar-refractivity contribution in [3.63, 3.8) is 0 Å². The molecule has 0 unspecified atom stereocenters. The summed E-state index contributed by atoms with van der Waals surface area (Å²) in [4.78, 5) is 25.7. The fourth-order valence-electron chi connectivity index (χ4n) is 4.28. The van der Waals surface area contributed by atoms with E-state index in [0.29, 0.717) is 18.8 Å². The van der Waals surface area contributed by atoms with Crippen molar-refractivity contribution in [3.05, 3.63) is 34.2 Å². The van der Waals surface area contributed by atoms with Crippen LogP contribution in [0.3, 0.4) is 0 Å². The van der Waals surface area contributed by atoms with Crippen molar-refractivity contribution in [2.75, 3.05) is 13.2 Å². The van der Waals surface area contributed by atoms with Crippen LogP contribution >= 0.6 is 0 Å². The van der Waals surface area contributed by atoms with Gasteiger partial charge in [0.15, 0.2) is 0 Å². The molecule has 2 atom stereocenters. The molecule has 2 aliphatic carbocycles. The maximum absolute atomic E-state index is 12.1. The summed E-state index contributed by atoms with van der Waals surface area (Å²) in [6, 6.07) is 3.27. The lowest BCUT2D eigenvalue weighted by molar-refractivity contribution is -0.125. The number of rotatable bonds is 5. The molecular weight excluding hydrogens is 280 g/mol. The number of hydrogen-bond acceptors (Lipinski definition) is 3. The van der Waals surface area contributed by atoms with Crippen LogP contribution in [0.1, 0.15) is 37.7 Å². The fraction of sp³-hybridized carbons (Fsp3) is 0.647. The topological polar surface area (TPSA) is 71.2 Å². The molecule has 0 radical (unpaired) electrons. The highest BCUT2D eigenvalue weighted by Crippen LogP contribution is 2.70. The Morgan fingerprint density at radius 2 is 2.27 bits per heavy atom.